The van der Waals surface area contributed by atoms with Crippen molar-refractivity contribution in [2.75, 3.05) is 11.9 Å². The number of fused-ring (bicyclic) bond motifs is 1. The average Bonchev–Trinajstić information content (AvgIpc) is 3.13. The van der Waals surface area contributed by atoms with Gasteiger partial charge in [0.2, 0.25) is 0 Å². The topological polar surface area (TPSA) is 58.6 Å². The van der Waals surface area contributed by atoms with Gasteiger partial charge < -0.3 is 10.6 Å². The summed E-state index contributed by atoms with van der Waals surface area (Å²) in [4.78, 5) is 17.1. The van der Waals surface area contributed by atoms with Gasteiger partial charge in [-0.2, -0.15) is 0 Å². The first kappa shape index (κ1) is 20.0. The van der Waals surface area contributed by atoms with E-state index in [-0.39, 0.29) is 5.91 Å². The van der Waals surface area contributed by atoms with Crippen LogP contribution in [0.5, 0.6) is 0 Å². The van der Waals surface area contributed by atoms with E-state index in [0.717, 1.165) is 27.7 Å². The lowest BCUT2D eigenvalue weighted by atomic mass is 9.78. The van der Waals surface area contributed by atoms with Crippen molar-refractivity contribution in [1.82, 2.24) is 4.98 Å². The van der Waals surface area contributed by atoms with E-state index in [2.05, 4.69) is 49.6 Å². The quantitative estimate of drug-likeness (QED) is 0.648. The molecule has 3 unspecified atom stereocenters. The van der Waals surface area contributed by atoms with Crippen LogP contribution in [0.25, 0.3) is 20.8 Å². The highest BCUT2D eigenvalue weighted by Gasteiger charge is 2.29. The first-order valence-corrected chi connectivity index (χ1v) is 11.4. The van der Waals surface area contributed by atoms with Gasteiger partial charge in [0, 0.05) is 17.2 Å². The van der Waals surface area contributed by atoms with Crippen molar-refractivity contribution in [3.05, 3.63) is 48.0 Å². The first-order chi connectivity index (χ1) is 14.0. The summed E-state index contributed by atoms with van der Waals surface area (Å²) in [6.07, 6.45) is 3.81. The molecule has 1 fully saturated rings. The number of carbonyl (C=O) groups is 1. The second-order valence-electron chi connectivity index (χ2n) is 8.49. The average molecular weight is 409 g/mol. The van der Waals surface area contributed by atoms with Crippen LogP contribution in [0.3, 0.4) is 0 Å². The maximum absolute atomic E-state index is 12.4. The Morgan fingerprint density at radius 3 is 2.76 bits per heavy atom. The van der Waals surface area contributed by atoms with Crippen LogP contribution in [0.1, 0.15) is 38.7 Å². The highest BCUT2D eigenvalue weighted by Crippen LogP contribution is 2.31. The van der Waals surface area contributed by atoms with E-state index in [1.165, 1.54) is 29.5 Å². The molecule has 3 atom stereocenters. The van der Waals surface area contributed by atoms with Crippen LogP contribution in [0, 0.1) is 18.8 Å². The largest absolute Gasteiger partial charge is 0.336 e. The van der Waals surface area contributed by atoms with Crippen LogP contribution in [0.15, 0.2) is 42.5 Å². The van der Waals surface area contributed by atoms with Crippen LogP contribution in [0.2, 0.25) is 0 Å². The van der Waals surface area contributed by atoms with E-state index >= 15 is 0 Å². The maximum atomic E-state index is 12.4. The molecular weight excluding hydrogens is 378 g/mol. The lowest BCUT2D eigenvalue weighted by Crippen LogP contribution is -2.93. The molecule has 5 heteroatoms. The molecule has 0 bridgehead atoms. The molecular formula is C24H30N3OS+. The van der Waals surface area contributed by atoms with Crippen LogP contribution in [-0.2, 0) is 4.79 Å². The SMILES string of the molecule is Cc1ccc2nc(-c3ccc(NC(=O)C[NH2+]C4CCCC(C)C4C)cc3)sc2c1. The molecule has 1 aromatic heterocycles. The summed E-state index contributed by atoms with van der Waals surface area (Å²) in [5.41, 5.74) is 4.21. The molecule has 0 radical (unpaired) electrons. The minimum atomic E-state index is 0.0682. The Labute approximate surface area is 176 Å². The highest BCUT2D eigenvalue weighted by atomic mass is 32.1. The summed E-state index contributed by atoms with van der Waals surface area (Å²) in [5.74, 6) is 1.50. The number of nitrogens with zero attached hydrogens (tertiary/aromatic N) is 1. The molecule has 152 valence electrons. The number of rotatable bonds is 5. The normalized spacial score (nSPS) is 22.0. The fourth-order valence-electron chi connectivity index (χ4n) is 4.28. The summed E-state index contributed by atoms with van der Waals surface area (Å²) in [6.45, 7) is 7.24. The molecule has 1 heterocycles. The number of quaternary nitrogens is 1. The smallest absolute Gasteiger partial charge is 0.279 e. The van der Waals surface area contributed by atoms with Crippen LogP contribution in [0.4, 0.5) is 5.69 Å². The number of hydrogen-bond acceptors (Lipinski definition) is 3. The van der Waals surface area contributed by atoms with Gasteiger partial charge >= 0.3 is 0 Å². The molecule has 0 aliphatic heterocycles. The molecule has 4 nitrogen and oxygen atoms in total. The molecule has 29 heavy (non-hydrogen) atoms. The fraction of sp³-hybridized carbons (Fsp3) is 0.417. The zero-order chi connectivity index (χ0) is 20.4. The predicted molar refractivity (Wildman–Crippen MR) is 121 cm³/mol. The van der Waals surface area contributed by atoms with E-state index in [1.54, 1.807) is 11.3 Å². The van der Waals surface area contributed by atoms with Gasteiger partial charge in [0.15, 0.2) is 6.54 Å². The van der Waals surface area contributed by atoms with Crippen LogP contribution < -0.4 is 10.6 Å². The van der Waals surface area contributed by atoms with Crippen molar-refractivity contribution in [3.63, 3.8) is 0 Å². The Morgan fingerprint density at radius 2 is 1.97 bits per heavy atom. The lowest BCUT2D eigenvalue weighted by molar-refractivity contribution is -0.688. The summed E-state index contributed by atoms with van der Waals surface area (Å²) in [7, 11) is 0. The molecule has 1 aliphatic carbocycles. The minimum absolute atomic E-state index is 0.0682. The molecule has 2 aromatic carbocycles. The number of nitrogens with one attached hydrogen (secondary N) is 1. The standard InChI is InChI=1S/C24H29N3OS/c1-15-7-12-21-22(13-15)29-24(27-21)18-8-10-19(11-9-18)26-23(28)14-25-20-6-4-5-16(2)17(20)3/h7-13,16-17,20,25H,4-6,14H2,1-3H3,(H,26,28)/p+1. The van der Waals surface area contributed by atoms with E-state index in [0.29, 0.717) is 18.5 Å². The van der Waals surface area contributed by atoms with Crippen molar-refractivity contribution < 1.29 is 10.1 Å². The Hall–Kier alpha value is -2.24. The van der Waals surface area contributed by atoms with Crippen molar-refractivity contribution in [3.8, 4) is 10.6 Å². The molecule has 3 N–H and O–H groups in total. The number of benzene rings is 2. The molecule has 0 spiro atoms. The third-order valence-corrected chi connectivity index (χ3v) is 7.40. The number of aromatic nitrogens is 1. The number of aryl methyl sites for hydroxylation is 1. The zero-order valence-corrected chi connectivity index (χ0v) is 18.3. The number of thiazole rings is 1. The number of carbonyl (C=O) groups excluding carboxylic acids is 1. The lowest BCUT2D eigenvalue weighted by Gasteiger charge is -2.31. The van der Waals surface area contributed by atoms with E-state index in [9.17, 15) is 4.79 Å². The summed E-state index contributed by atoms with van der Waals surface area (Å²) < 4.78 is 1.21. The Kier molecular flexibility index (Phi) is 5.97. The number of amides is 1. The minimum Gasteiger partial charge on any atom is -0.336 e. The fourth-order valence-corrected chi connectivity index (χ4v) is 5.35. The third-order valence-electron chi connectivity index (χ3n) is 6.34. The molecule has 0 saturated heterocycles. The maximum Gasteiger partial charge on any atom is 0.279 e. The van der Waals surface area contributed by atoms with E-state index in [4.69, 9.17) is 4.98 Å². The Balaban J connectivity index is 1.35. The first-order valence-electron chi connectivity index (χ1n) is 10.6. The number of nitrogens with two attached hydrogens (primary N) is 1. The zero-order valence-electron chi connectivity index (χ0n) is 17.4. The highest BCUT2D eigenvalue weighted by molar-refractivity contribution is 7.21. The summed E-state index contributed by atoms with van der Waals surface area (Å²) in [5, 5.41) is 6.27. The van der Waals surface area contributed by atoms with Gasteiger partial charge in [-0.15, -0.1) is 11.3 Å². The number of anilines is 1. The molecule has 4 rings (SSSR count). The monoisotopic (exact) mass is 408 g/mol. The van der Waals surface area contributed by atoms with Crippen molar-refractivity contribution >= 4 is 33.1 Å². The van der Waals surface area contributed by atoms with Gasteiger partial charge in [-0.05, 0) is 74.1 Å². The van der Waals surface area contributed by atoms with Gasteiger partial charge in [-0.3, -0.25) is 4.79 Å². The van der Waals surface area contributed by atoms with Crippen LogP contribution >= 0.6 is 11.3 Å². The van der Waals surface area contributed by atoms with Gasteiger partial charge in [-0.1, -0.05) is 19.9 Å². The van der Waals surface area contributed by atoms with E-state index in [1.807, 2.05) is 24.3 Å². The molecule has 3 aromatic rings. The number of hydrogen-bond donors (Lipinski definition) is 2. The van der Waals surface area contributed by atoms with E-state index < -0.39 is 0 Å². The van der Waals surface area contributed by atoms with Crippen molar-refractivity contribution in [2.24, 2.45) is 11.8 Å². The van der Waals surface area contributed by atoms with Gasteiger partial charge in [0.05, 0.1) is 16.3 Å². The summed E-state index contributed by atoms with van der Waals surface area (Å²) in [6, 6.07) is 14.9. The van der Waals surface area contributed by atoms with Gasteiger partial charge in [0.25, 0.3) is 5.91 Å². The third kappa shape index (κ3) is 4.68. The molecule has 1 aliphatic rings. The van der Waals surface area contributed by atoms with Crippen LogP contribution in [-0.4, -0.2) is 23.5 Å². The van der Waals surface area contributed by atoms with Crippen molar-refractivity contribution in [1.29, 1.82) is 0 Å². The van der Waals surface area contributed by atoms with Gasteiger partial charge in [-0.25, -0.2) is 4.98 Å². The molecule has 1 amide bonds. The predicted octanol–water partition coefficient (Wildman–Crippen LogP) is 4.60. The van der Waals surface area contributed by atoms with Crippen molar-refractivity contribution in [2.45, 2.75) is 46.1 Å². The second-order valence-corrected chi connectivity index (χ2v) is 9.52. The summed E-state index contributed by atoms with van der Waals surface area (Å²) >= 11 is 1.71. The Morgan fingerprint density at radius 1 is 1.17 bits per heavy atom. The second kappa shape index (κ2) is 8.64. The van der Waals surface area contributed by atoms with Gasteiger partial charge in [0.1, 0.15) is 5.01 Å². The molecule has 1 saturated carbocycles. The Bertz CT molecular complexity index is 995.